The third-order valence-electron chi connectivity index (χ3n) is 2.39. The van der Waals surface area contributed by atoms with E-state index in [1.807, 2.05) is 18.2 Å². The van der Waals surface area contributed by atoms with Crippen LogP contribution in [0.2, 0.25) is 0 Å². The van der Waals surface area contributed by atoms with E-state index in [0.717, 1.165) is 22.3 Å². The van der Waals surface area contributed by atoms with E-state index in [1.54, 1.807) is 0 Å². The molecule has 1 aromatic rings. The Morgan fingerprint density at radius 2 is 2.31 bits per heavy atom. The van der Waals surface area contributed by atoms with Crippen LogP contribution in [0.4, 0.5) is 0 Å². The summed E-state index contributed by atoms with van der Waals surface area (Å²) in [5.74, 6) is 0.925. The van der Waals surface area contributed by atoms with E-state index in [2.05, 4.69) is 27.3 Å². The predicted molar refractivity (Wildman–Crippen MR) is 67.6 cm³/mol. The summed E-state index contributed by atoms with van der Waals surface area (Å²) in [6, 6.07) is 5.98. The summed E-state index contributed by atoms with van der Waals surface area (Å²) < 4.78 is 6.68. The minimum atomic E-state index is 0.163. The van der Waals surface area contributed by atoms with Gasteiger partial charge in [0, 0.05) is 23.1 Å². The number of aliphatic hydroxyl groups is 1. The molecule has 1 aliphatic rings. The summed E-state index contributed by atoms with van der Waals surface area (Å²) in [6.45, 7) is 2.15. The smallest absolute Gasteiger partial charge is 0.127 e. The molecule has 0 atom stereocenters. The maximum atomic E-state index is 8.67. The van der Waals surface area contributed by atoms with Crippen molar-refractivity contribution in [1.82, 2.24) is 5.32 Å². The molecule has 0 saturated carbocycles. The lowest BCUT2D eigenvalue weighted by Gasteiger charge is -2.18. The molecule has 3 nitrogen and oxygen atoms in total. The molecule has 2 rings (SSSR count). The number of fused-ring (bicyclic) bond motifs is 1. The van der Waals surface area contributed by atoms with Gasteiger partial charge in [0.05, 0.1) is 6.61 Å². The Hall–Kier alpha value is -0.840. The zero-order valence-electron chi connectivity index (χ0n) is 8.87. The highest BCUT2D eigenvalue weighted by molar-refractivity contribution is 9.10. The molecule has 1 aromatic carbocycles. The van der Waals surface area contributed by atoms with Crippen molar-refractivity contribution in [2.24, 2.45) is 0 Å². The molecule has 0 fully saturated rings. The highest BCUT2D eigenvalue weighted by Crippen LogP contribution is 2.28. The number of nitrogens with one attached hydrogen (secondary N) is 1. The largest absolute Gasteiger partial charge is 0.489 e. The van der Waals surface area contributed by atoms with Gasteiger partial charge in [-0.1, -0.05) is 15.9 Å². The molecule has 0 aromatic heterocycles. The van der Waals surface area contributed by atoms with Crippen molar-refractivity contribution in [2.45, 2.75) is 0 Å². The van der Waals surface area contributed by atoms with E-state index in [-0.39, 0.29) is 6.61 Å². The van der Waals surface area contributed by atoms with Crippen LogP contribution in [0.25, 0.3) is 6.08 Å². The van der Waals surface area contributed by atoms with E-state index in [1.165, 1.54) is 5.57 Å². The number of halogens is 1. The van der Waals surface area contributed by atoms with Gasteiger partial charge in [-0.15, -0.1) is 0 Å². The highest BCUT2D eigenvalue weighted by Gasteiger charge is 2.10. The molecule has 16 heavy (non-hydrogen) atoms. The van der Waals surface area contributed by atoms with Gasteiger partial charge in [0.15, 0.2) is 0 Å². The van der Waals surface area contributed by atoms with Crippen molar-refractivity contribution in [2.75, 3.05) is 26.3 Å². The molecule has 2 N–H and O–H groups in total. The van der Waals surface area contributed by atoms with Crippen LogP contribution in [0.15, 0.2) is 28.2 Å². The second-order valence-electron chi connectivity index (χ2n) is 3.67. The Balaban J connectivity index is 2.08. The fraction of sp³-hybridized carbons (Fsp3) is 0.333. The van der Waals surface area contributed by atoms with Crippen molar-refractivity contribution < 1.29 is 9.84 Å². The number of hydrogen-bond acceptors (Lipinski definition) is 3. The molecular formula is C12H14BrNO2. The lowest BCUT2D eigenvalue weighted by atomic mass is 10.1. The number of ether oxygens (including phenoxy) is 1. The molecule has 0 amide bonds. The Kier molecular flexibility index (Phi) is 3.98. The van der Waals surface area contributed by atoms with Crippen LogP contribution in [0, 0.1) is 0 Å². The number of hydrogen-bond donors (Lipinski definition) is 2. The molecule has 0 unspecified atom stereocenters. The van der Waals surface area contributed by atoms with Gasteiger partial charge in [0.1, 0.15) is 12.4 Å². The summed E-state index contributed by atoms with van der Waals surface area (Å²) in [6.07, 6.45) is 2.13. The standard InChI is InChI=1S/C12H14BrNO2/c13-11-1-2-12-10(6-11)5-9(8-16-12)7-14-3-4-15/h1-2,5-6,14-15H,3-4,7-8H2. The maximum absolute atomic E-state index is 8.67. The molecule has 0 saturated heterocycles. The zero-order chi connectivity index (χ0) is 11.4. The van der Waals surface area contributed by atoms with Gasteiger partial charge >= 0.3 is 0 Å². The second kappa shape index (κ2) is 5.48. The summed E-state index contributed by atoms with van der Waals surface area (Å²) in [5.41, 5.74) is 2.29. The third-order valence-corrected chi connectivity index (χ3v) is 2.88. The van der Waals surface area contributed by atoms with Gasteiger partial charge in [-0.3, -0.25) is 0 Å². The van der Waals surface area contributed by atoms with Crippen LogP contribution in [0.1, 0.15) is 5.56 Å². The normalized spacial score (nSPS) is 14.0. The summed E-state index contributed by atoms with van der Waals surface area (Å²) in [4.78, 5) is 0. The first kappa shape index (κ1) is 11.6. The average Bonchev–Trinajstić information content (AvgIpc) is 2.29. The highest BCUT2D eigenvalue weighted by atomic mass is 79.9. The minimum absolute atomic E-state index is 0.163. The minimum Gasteiger partial charge on any atom is -0.489 e. The topological polar surface area (TPSA) is 41.5 Å². The summed E-state index contributed by atoms with van der Waals surface area (Å²) in [5, 5.41) is 11.8. The molecule has 0 spiro atoms. The maximum Gasteiger partial charge on any atom is 0.127 e. The molecule has 4 heteroatoms. The lowest BCUT2D eigenvalue weighted by Crippen LogP contribution is -2.24. The first-order chi connectivity index (χ1) is 7.79. The fourth-order valence-electron chi connectivity index (χ4n) is 1.63. The van der Waals surface area contributed by atoms with Crippen molar-refractivity contribution in [3.05, 3.63) is 33.8 Å². The van der Waals surface area contributed by atoms with Crippen molar-refractivity contribution >= 4 is 22.0 Å². The van der Waals surface area contributed by atoms with Gasteiger partial charge in [-0.2, -0.15) is 0 Å². The van der Waals surface area contributed by atoms with Crippen LogP contribution >= 0.6 is 15.9 Å². The van der Waals surface area contributed by atoms with Crippen LogP contribution in [-0.2, 0) is 0 Å². The molecule has 0 bridgehead atoms. The summed E-state index contributed by atoms with van der Waals surface area (Å²) >= 11 is 3.44. The Labute approximate surface area is 103 Å². The van der Waals surface area contributed by atoms with Gasteiger partial charge in [0.25, 0.3) is 0 Å². The van der Waals surface area contributed by atoms with Gasteiger partial charge in [0.2, 0.25) is 0 Å². The van der Waals surface area contributed by atoms with Gasteiger partial charge < -0.3 is 15.2 Å². The second-order valence-corrected chi connectivity index (χ2v) is 4.59. The number of aliphatic hydroxyl groups excluding tert-OH is 1. The van der Waals surface area contributed by atoms with E-state index >= 15 is 0 Å². The molecular weight excluding hydrogens is 270 g/mol. The van der Waals surface area contributed by atoms with Gasteiger partial charge in [-0.05, 0) is 29.8 Å². The Morgan fingerprint density at radius 3 is 3.12 bits per heavy atom. The van der Waals surface area contributed by atoms with Crippen LogP contribution < -0.4 is 10.1 Å². The molecule has 1 aliphatic heterocycles. The van der Waals surface area contributed by atoms with E-state index in [9.17, 15) is 0 Å². The first-order valence-corrected chi connectivity index (χ1v) is 6.02. The zero-order valence-corrected chi connectivity index (χ0v) is 10.5. The van der Waals surface area contributed by atoms with E-state index < -0.39 is 0 Å². The molecule has 1 heterocycles. The quantitative estimate of drug-likeness (QED) is 0.829. The molecule has 0 aliphatic carbocycles. The van der Waals surface area contributed by atoms with Crippen LogP contribution in [0.5, 0.6) is 5.75 Å². The lowest BCUT2D eigenvalue weighted by molar-refractivity contribution is 0.291. The average molecular weight is 284 g/mol. The Bertz CT molecular complexity index is 404. The SMILES string of the molecule is OCCNCC1=Cc2cc(Br)ccc2OC1. The summed E-state index contributed by atoms with van der Waals surface area (Å²) in [7, 11) is 0. The number of rotatable bonds is 4. The van der Waals surface area contributed by atoms with Crippen molar-refractivity contribution in [1.29, 1.82) is 0 Å². The monoisotopic (exact) mass is 283 g/mol. The van der Waals surface area contributed by atoms with Crippen molar-refractivity contribution in [3.8, 4) is 5.75 Å². The third kappa shape index (κ3) is 2.84. The Morgan fingerprint density at radius 1 is 1.44 bits per heavy atom. The predicted octanol–water partition coefficient (Wildman–Crippen LogP) is 1.81. The van der Waals surface area contributed by atoms with Crippen LogP contribution in [0.3, 0.4) is 0 Å². The number of benzene rings is 1. The van der Waals surface area contributed by atoms with Crippen molar-refractivity contribution in [3.63, 3.8) is 0 Å². The van der Waals surface area contributed by atoms with Gasteiger partial charge in [-0.25, -0.2) is 0 Å². The van der Waals surface area contributed by atoms with E-state index in [0.29, 0.717) is 13.2 Å². The molecule has 86 valence electrons. The first-order valence-electron chi connectivity index (χ1n) is 5.23. The van der Waals surface area contributed by atoms with Crippen LogP contribution in [-0.4, -0.2) is 31.4 Å². The molecule has 0 radical (unpaired) electrons. The fourth-order valence-corrected chi connectivity index (χ4v) is 2.00. The van der Waals surface area contributed by atoms with E-state index in [4.69, 9.17) is 9.84 Å².